The Hall–Kier alpha value is -1.90. The first-order valence-electron chi connectivity index (χ1n) is 4.86. The minimum Gasteiger partial charge on any atom is -0.298 e. The van der Waals surface area contributed by atoms with Gasteiger partial charge in [0.15, 0.2) is 6.29 Å². The third-order valence-electron chi connectivity index (χ3n) is 2.44. The van der Waals surface area contributed by atoms with Crippen LogP contribution in [0.25, 0.3) is 10.9 Å². The van der Waals surface area contributed by atoms with Gasteiger partial charge < -0.3 is 0 Å². The molecule has 0 spiro atoms. The third kappa shape index (κ3) is 1.46. The summed E-state index contributed by atoms with van der Waals surface area (Å²) >= 11 is 0. The minimum absolute atomic E-state index is 0.000648. The van der Waals surface area contributed by atoms with Gasteiger partial charge >= 0.3 is 0 Å². The number of aldehydes is 1. The standard InChI is InChI=1S/C12H11NO2/c1-2-12(15)13-7-9(8-14)10-5-3-4-6-11(10)13/h3-8H,2H2,1H3. The molecule has 1 heterocycles. The zero-order chi connectivity index (χ0) is 10.8. The summed E-state index contributed by atoms with van der Waals surface area (Å²) in [5.74, 6) is -0.000648. The Kier molecular flexibility index (Phi) is 2.37. The van der Waals surface area contributed by atoms with Gasteiger partial charge in [-0.15, -0.1) is 0 Å². The summed E-state index contributed by atoms with van der Waals surface area (Å²) in [5, 5.41) is 0.828. The minimum atomic E-state index is -0.000648. The molecular formula is C12H11NO2. The number of rotatable bonds is 2. The lowest BCUT2D eigenvalue weighted by atomic mass is 10.2. The van der Waals surface area contributed by atoms with Crippen LogP contribution in [0.2, 0.25) is 0 Å². The van der Waals surface area contributed by atoms with E-state index in [-0.39, 0.29) is 5.91 Å². The molecule has 0 aliphatic heterocycles. The Morgan fingerprint density at radius 1 is 1.40 bits per heavy atom. The van der Waals surface area contributed by atoms with Gasteiger partial charge in [0.2, 0.25) is 5.91 Å². The zero-order valence-corrected chi connectivity index (χ0v) is 8.43. The lowest BCUT2D eigenvalue weighted by molar-refractivity contribution is 0.0914. The average Bonchev–Trinajstić information content (AvgIpc) is 2.67. The van der Waals surface area contributed by atoms with Crippen molar-refractivity contribution in [3.8, 4) is 0 Å². The van der Waals surface area contributed by atoms with Crippen molar-refractivity contribution in [3.63, 3.8) is 0 Å². The molecule has 0 atom stereocenters. The van der Waals surface area contributed by atoms with Crippen LogP contribution >= 0.6 is 0 Å². The maximum atomic E-state index is 11.6. The lowest BCUT2D eigenvalue weighted by Gasteiger charge is -1.99. The van der Waals surface area contributed by atoms with Crippen LogP contribution in [0.4, 0.5) is 0 Å². The Morgan fingerprint density at radius 2 is 2.13 bits per heavy atom. The monoisotopic (exact) mass is 201 g/mol. The van der Waals surface area contributed by atoms with Crippen molar-refractivity contribution in [1.29, 1.82) is 0 Å². The molecule has 0 fully saturated rings. The van der Waals surface area contributed by atoms with E-state index in [2.05, 4.69) is 0 Å². The molecule has 0 saturated heterocycles. The highest BCUT2D eigenvalue weighted by Gasteiger charge is 2.10. The summed E-state index contributed by atoms with van der Waals surface area (Å²) in [6.45, 7) is 1.80. The number of hydrogen-bond acceptors (Lipinski definition) is 2. The highest BCUT2D eigenvalue weighted by Crippen LogP contribution is 2.19. The molecule has 76 valence electrons. The molecule has 0 aliphatic carbocycles. The van der Waals surface area contributed by atoms with Crippen LogP contribution in [0.1, 0.15) is 28.5 Å². The van der Waals surface area contributed by atoms with E-state index in [1.165, 1.54) is 0 Å². The topological polar surface area (TPSA) is 39.1 Å². The van der Waals surface area contributed by atoms with E-state index in [0.717, 1.165) is 17.2 Å². The molecule has 0 saturated carbocycles. The third-order valence-corrected chi connectivity index (χ3v) is 2.44. The van der Waals surface area contributed by atoms with Gasteiger partial charge in [0.05, 0.1) is 5.52 Å². The van der Waals surface area contributed by atoms with Crippen molar-refractivity contribution in [2.45, 2.75) is 13.3 Å². The van der Waals surface area contributed by atoms with Crippen LogP contribution in [-0.2, 0) is 0 Å². The van der Waals surface area contributed by atoms with Crippen LogP contribution < -0.4 is 0 Å². The molecule has 0 N–H and O–H groups in total. The predicted molar refractivity (Wildman–Crippen MR) is 58.2 cm³/mol. The fourth-order valence-electron chi connectivity index (χ4n) is 1.68. The van der Waals surface area contributed by atoms with Crippen LogP contribution in [0, 0.1) is 0 Å². The molecule has 2 aromatic rings. The molecule has 0 radical (unpaired) electrons. The van der Waals surface area contributed by atoms with Crippen molar-refractivity contribution >= 4 is 23.1 Å². The van der Waals surface area contributed by atoms with E-state index in [1.54, 1.807) is 17.7 Å². The Labute approximate surface area is 87.3 Å². The maximum absolute atomic E-state index is 11.6. The van der Waals surface area contributed by atoms with E-state index in [0.29, 0.717) is 12.0 Å². The van der Waals surface area contributed by atoms with E-state index in [4.69, 9.17) is 0 Å². The molecule has 2 rings (SSSR count). The molecule has 0 unspecified atom stereocenters. The van der Waals surface area contributed by atoms with Crippen LogP contribution in [-0.4, -0.2) is 16.8 Å². The van der Waals surface area contributed by atoms with Gasteiger partial charge in [0, 0.05) is 23.6 Å². The van der Waals surface area contributed by atoms with Crippen molar-refractivity contribution in [1.82, 2.24) is 4.57 Å². The fourth-order valence-corrected chi connectivity index (χ4v) is 1.68. The van der Waals surface area contributed by atoms with Gasteiger partial charge in [0.25, 0.3) is 0 Å². The van der Waals surface area contributed by atoms with Gasteiger partial charge in [0.1, 0.15) is 0 Å². The first-order chi connectivity index (χ1) is 7.27. The zero-order valence-electron chi connectivity index (χ0n) is 8.43. The van der Waals surface area contributed by atoms with Gasteiger partial charge in [-0.2, -0.15) is 0 Å². The van der Waals surface area contributed by atoms with E-state index in [9.17, 15) is 9.59 Å². The summed E-state index contributed by atoms with van der Waals surface area (Å²) in [6.07, 6.45) is 2.81. The average molecular weight is 201 g/mol. The van der Waals surface area contributed by atoms with Crippen molar-refractivity contribution < 1.29 is 9.59 Å². The van der Waals surface area contributed by atoms with Crippen molar-refractivity contribution in [3.05, 3.63) is 36.0 Å². The number of para-hydroxylation sites is 1. The number of aromatic nitrogens is 1. The number of fused-ring (bicyclic) bond motifs is 1. The number of benzene rings is 1. The molecule has 0 aliphatic rings. The molecule has 1 aromatic heterocycles. The summed E-state index contributed by atoms with van der Waals surface area (Å²) < 4.78 is 1.54. The molecule has 3 nitrogen and oxygen atoms in total. The number of carbonyl (C=O) groups excluding carboxylic acids is 2. The van der Waals surface area contributed by atoms with Crippen molar-refractivity contribution in [2.75, 3.05) is 0 Å². The molecule has 0 bridgehead atoms. The summed E-state index contributed by atoms with van der Waals surface area (Å²) in [6, 6.07) is 7.40. The number of carbonyl (C=O) groups is 2. The second-order valence-corrected chi connectivity index (χ2v) is 3.34. The van der Waals surface area contributed by atoms with E-state index < -0.39 is 0 Å². The molecule has 1 aromatic carbocycles. The summed E-state index contributed by atoms with van der Waals surface area (Å²) in [5.41, 5.74) is 1.36. The Bertz CT molecular complexity index is 525. The molecular weight excluding hydrogens is 190 g/mol. The first kappa shape index (κ1) is 9.65. The van der Waals surface area contributed by atoms with Gasteiger partial charge in [-0.1, -0.05) is 25.1 Å². The first-order valence-corrected chi connectivity index (χ1v) is 4.86. The normalized spacial score (nSPS) is 10.5. The SMILES string of the molecule is CCC(=O)n1cc(C=O)c2ccccc21. The number of hydrogen-bond donors (Lipinski definition) is 0. The Morgan fingerprint density at radius 3 is 2.80 bits per heavy atom. The van der Waals surface area contributed by atoms with Crippen molar-refractivity contribution in [2.24, 2.45) is 0 Å². The molecule has 3 heteroatoms. The second-order valence-electron chi connectivity index (χ2n) is 3.34. The lowest BCUT2D eigenvalue weighted by Crippen LogP contribution is -2.06. The van der Waals surface area contributed by atoms with E-state index in [1.807, 2.05) is 24.3 Å². The highest BCUT2D eigenvalue weighted by molar-refractivity contribution is 6.02. The summed E-state index contributed by atoms with van der Waals surface area (Å²) in [7, 11) is 0. The fraction of sp³-hybridized carbons (Fsp3) is 0.167. The van der Waals surface area contributed by atoms with Gasteiger partial charge in [-0.3, -0.25) is 14.2 Å². The Balaban J connectivity index is 2.75. The quantitative estimate of drug-likeness (QED) is 0.700. The van der Waals surface area contributed by atoms with Gasteiger partial charge in [-0.25, -0.2) is 0 Å². The molecule has 15 heavy (non-hydrogen) atoms. The van der Waals surface area contributed by atoms with Gasteiger partial charge in [-0.05, 0) is 6.07 Å². The van der Waals surface area contributed by atoms with Crippen LogP contribution in [0.3, 0.4) is 0 Å². The van der Waals surface area contributed by atoms with E-state index >= 15 is 0 Å². The smallest absolute Gasteiger partial charge is 0.230 e. The molecule has 0 amide bonds. The largest absolute Gasteiger partial charge is 0.298 e. The highest BCUT2D eigenvalue weighted by atomic mass is 16.2. The van der Waals surface area contributed by atoms with Crippen LogP contribution in [0.5, 0.6) is 0 Å². The number of nitrogens with zero attached hydrogens (tertiary/aromatic N) is 1. The predicted octanol–water partition coefficient (Wildman–Crippen LogP) is 2.50. The summed E-state index contributed by atoms with van der Waals surface area (Å²) in [4.78, 5) is 22.4. The second kappa shape index (κ2) is 3.69. The van der Waals surface area contributed by atoms with Crippen LogP contribution in [0.15, 0.2) is 30.5 Å². The maximum Gasteiger partial charge on any atom is 0.230 e.